The molecule has 0 saturated heterocycles. The van der Waals surface area contributed by atoms with Gasteiger partial charge in [-0.2, -0.15) is 4.99 Å². The van der Waals surface area contributed by atoms with E-state index in [1.807, 2.05) is 26.8 Å². The number of carbonyl (C=O) groups is 1. The Bertz CT molecular complexity index is 774. The fourth-order valence-electron chi connectivity index (χ4n) is 2.11. The van der Waals surface area contributed by atoms with Crippen molar-refractivity contribution in [2.75, 3.05) is 6.26 Å². The first-order chi connectivity index (χ1) is 10.6. The van der Waals surface area contributed by atoms with Crippen molar-refractivity contribution in [3.8, 4) is 0 Å². The Hall–Kier alpha value is -2.15. The van der Waals surface area contributed by atoms with Crippen molar-refractivity contribution in [3.63, 3.8) is 0 Å². The van der Waals surface area contributed by atoms with Gasteiger partial charge in [0.25, 0.3) is 5.91 Å². The van der Waals surface area contributed by atoms with E-state index in [4.69, 9.17) is 11.5 Å². The van der Waals surface area contributed by atoms with E-state index >= 15 is 0 Å². The molecule has 0 aliphatic heterocycles. The summed E-state index contributed by atoms with van der Waals surface area (Å²) in [6.45, 7) is 5.79. The molecule has 0 unspecified atom stereocenters. The van der Waals surface area contributed by atoms with Crippen molar-refractivity contribution in [2.45, 2.75) is 38.5 Å². The van der Waals surface area contributed by atoms with Crippen LogP contribution in [0.15, 0.2) is 27.6 Å². The average molecular weight is 337 g/mol. The van der Waals surface area contributed by atoms with Gasteiger partial charge in [0.1, 0.15) is 0 Å². The van der Waals surface area contributed by atoms with Crippen molar-refractivity contribution >= 4 is 27.8 Å². The summed E-state index contributed by atoms with van der Waals surface area (Å²) in [5.41, 5.74) is 13.0. The molecule has 0 aliphatic carbocycles. The van der Waals surface area contributed by atoms with Crippen LogP contribution < -0.4 is 11.5 Å². The SMILES string of the molecule is CCC(C)=Cc1cc(CC)c(C(=O)N=C(N)N)cc1S(C)(=O)=O. The molecule has 1 aromatic rings. The highest BCUT2D eigenvalue weighted by molar-refractivity contribution is 7.90. The van der Waals surface area contributed by atoms with E-state index in [1.165, 1.54) is 6.07 Å². The number of allylic oxidation sites excluding steroid dienone is 1. The Balaban J connectivity index is 3.71. The highest BCUT2D eigenvalue weighted by Crippen LogP contribution is 2.25. The van der Waals surface area contributed by atoms with Gasteiger partial charge in [0.2, 0.25) is 0 Å². The molecule has 0 atom stereocenters. The molecule has 23 heavy (non-hydrogen) atoms. The van der Waals surface area contributed by atoms with Crippen LogP contribution >= 0.6 is 0 Å². The third-order valence-electron chi connectivity index (χ3n) is 3.44. The van der Waals surface area contributed by atoms with Crippen LogP contribution in [-0.4, -0.2) is 26.5 Å². The molecule has 1 rings (SSSR count). The summed E-state index contributed by atoms with van der Waals surface area (Å²) in [4.78, 5) is 15.7. The third kappa shape index (κ3) is 4.92. The Morgan fingerprint density at radius 1 is 1.26 bits per heavy atom. The number of sulfone groups is 1. The van der Waals surface area contributed by atoms with E-state index in [0.717, 1.165) is 18.2 Å². The number of hydrogen-bond acceptors (Lipinski definition) is 3. The number of amides is 1. The van der Waals surface area contributed by atoms with E-state index in [9.17, 15) is 13.2 Å². The summed E-state index contributed by atoms with van der Waals surface area (Å²) >= 11 is 0. The zero-order valence-electron chi connectivity index (χ0n) is 13.9. The van der Waals surface area contributed by atoms with E-state index in [2.05, 4.69) is 4.99 Å². The van der Waals surface area contributed by atoms with Crippen molar-refractivity contribution in [2.24, 2.45) is 16.5 Å². The monoisotopic (exact) mass is 337 g/mol. The summed E-state index contributed by atoms with van der Waals surface area (Å²) in [5.74, 6) is -1.00. The number of guanidine groups is 1. The van der Waals surface area contributed by atoms with Crippen LogP contribution in [0.3, 0.4) is 0 Å². The Morgan fingerprint density at radius 3 is 2.30 bits per heavy atom. The summed E-state index contributed by atoms with van der Waals surface area (Å²) in [5, 5.41) is 0. The second-order valence-electron chi connectivity index (χ2n) is 5.36. The van der Waals surface area contributed by atoms with E-state index in [0.29, 0.717) is 17.5 Å². The number of aryl methyl sites for hydroxylation is 1. The molecule has 0 bridgehead atoms. The number of nitrogens with zero attached hydrogens (tertiary/aromatic N) is 1. The normalized spacial score (nSPS) is 12.1. The van der Waals surface area contributed by atoms with Crippen LogP contribution in [0.25, 0.3) is 6.08 Å². The number of nitrogens with two attached hydrogens (primary N) is 2. The fraction of sp³-hybridized carbons (Fsp3) is 0.375. The summed E-state index contributed by atoms with van der Waals surface area (Å²) in [7, 11) is -3.50. The lowest BCUT2D eigenvalue weighted by Crippen LogP contribution is -2.24. The molecule has 0 heterocycles. The fourth-order valence-corrected chi connectivity index (χ4v) is 2.99. The number of hydrogen-bond donors (Lipinski definition) is 2. The zero-order valence-corrected chi connectivity index (χ0v) is 14.7. The molecular weight excluding hydrogens is 314 g/mol. The molecule has 6 nitrogen and oxygen atoms in total. The molecule has 7 heteroatoms. The van der Waals surface area contributed by atoms with Crippen molar-refractivity contribution in [1.29, 1.82) is 0 Å². The number of benzene rings is 1. The van der Waals surface area contributed by atoms with Crippen molar-refractivity contribution in [1.82, 2.24) is 0 Å². The van der Waals surface area contributed by atoms with Gasteiger partial charge in [0, 0.05) is 11.8 Å². The molecular formula is C16H23N3O3S. The highest BCUT2D eigenvalue weighted by Gasteiger charge is 2.19. The zero-order chi connectivity index (χ0) is 17.8. The van der Waals surface area contributed by atoms with Gasteiger partial charge >= 0.3 is 0 Å². The largest absolute Gasteiger partial charge is 0.370 e. The van der Waals surface area contributed by atoms with Gasteiger partial charge in [0.15, 0.2) is 15.8 Å². The Kier molecular flexibility index (Phi) is 6.09. The topological polar surface area (TPSA) is 116 Å². The predicted molar refractivity (Wildman–Crippen MR) is 93.0 cm³/mol. The summed E-state index contributed by atoms with van der Waals surface area (Å²) < 4.78 is 24.2. The van der Waals surface area contributed by atoms with Crippen LogP contribution in [0, 0.1) is 0 Å². The van der Waals surface area contributed by atoms with Gasteiger partial charge in [-0.05, 0) is 43.0 Å². The van der Waals surface area contributed by atoms with Gasteiger partial charge in [-0.15, -0.1) is 0 Å². The minimum absolute atomic E-state index is 0.0941. The van der Waals surface area contributed by atoms with E-state index < -0.39 is 15.7 Å². The molecule has 126 valence electrons. The molecule has 0 radical (unpaired) electrons. The molecule has 4 N–H and O–H groups in total. The standard InChI is InChI=1S/C16H23N3O3S/c1-5-10(3)7-12-8-11(6-2)13(15(20)19-16(17)18)9-14(12)23(4,21)22/h7-9H,5-6H2,1-4H3,(H4,17,18,19,20). The number of aliphatic imine (C=N–C) groups is 1. The maximum Gasteiger partial charge on any atom is 0.280 e. The highest BCUT2D eigenvalue weighted by atomic mass is 32.2. The van der Waals surface area contributed by atoms with Crippen LogP contribution in [0.5, 0.6) is 0 Å². The maximum atomic E-state index is 12.1. The smallest absolute Gasteiger partial charge is 0.280 e. The van der Waals surface area contributed by atoms with E-state index in [-0.39, 0.29) is 16.4 Å². The van der Waals surface area contributed by atoms with Crippen LogP contribution in [0.2, 0.25) is 0 Å². The molecule has 0 fully saturated rings. The van der Waals surface area contributed by atoms with Gasteiger partial charge in [-0.25, -0.2) is 8.42 Å². The molecule has 0 aromatic heterocycles. The molecule has 0 saturated carbocycles. The second-order valence-corrected chi connectivity index (χ2v) is 7.34. The first-order valence-corrected chi connectivity index (χ1v) is 9.17. The van der Waals surface area contributed by atoms with Crippen molar-refractivity contribution in [3.05, 3.63) is 34.4 Å². The lowest BCUT2D eigenvalue weighted by molar-refractivity contribution is 0.100. The minimum atomic E-state index is -3.50. The van der Waals surface area contributed by atoms with Gasteiger partial charge in [-0.3, -0.25) is 4.79 Å². The second kappa shape index (κ2) is 7.41. The predicted octanol–water partition coefficient (Wildman–Crippen LogP) is 1.88. The van der Waals surface area contributed by atoms with Gasteiger partial charge in [-0.1, -0.05) is 25.5 Å². The van der Waals surface area contributed by atoms with E-state index in [1.54, 1.807) is 6.07 Å². The lowest BCUT2D eigenvalue weighted by Gasteiger charge is -2.12. The van der Waals surface area contributed by atoms with Gasteiger partial charge in [0.05, 0.1) is 4.90 Å². The minimum Gasteiger partial charge on any atom is -0.370 e. The molecule has 0 aliphatic rings. The van der Waals surface area contributed by atoms with Crippen LogP contribution in [-0.2, 0) is 16.3 Å². The number of carbonyl (C=O) groups excluding carboxylic acids is 1. The van der Waals surface area contributed by atoms with Crippen LogP contribution in [0.1, 0.15) is 48.7 Å². The average Bonchev–Trinajstić information content (AvgIpc) is 2.44. The Morgan fingerprint density at radius 2 is 1.87 bits per heavy atom. The maximum absolute atomic E-state index is 12.1. The van der Waals surface area contributed by atoms with Crippen LogP contribution in [0.4, 0.5) is 0 Å². The summed E-state index contributed by atoms with van der Waals surface area (Å²) in [6, 6.07) is 3.07. The summed E-state index contributed by atoms with van der Waals surface area (Å²) in [6.07, 6.45) is 4.29. The first-order valence-electron chi connectivity index (χ1n) is 7.28. The number of rotatable bonds is 5. The molecule has 1 aromatic carbocycles. The molecule has 0 spiro atoms. The third-order valence-corrected chi connectivity index (χ3v) is 4.59. The molecule has 1 amide bonds. The Labute approximate surface area is 137 Å². The quantitative estimate of drug-likeness (QED) is 0.628. The lowest BCUT2D eigenvalue weighted by atomic mass is 9.99. The van der Waals surface area contributed by atoms with Gasteiger partial charge < -0.3 is 11.5 Å². The van der Waals surface area contributed by atoms with Crippen molar-refractivity contribution < 1.29 is 13.2 Å². The first kappa shape index (κ1) is 18.9.